The molecule has 1 aromatic heterocycles. The maximum atomic E-state index is 13.2. The predicted molar refractivity (Wildman–Crippen MR) is 125 cm³/mol. The van der Waals surface area contributed by atoms with Gasteiger partial charge in [0, 0.05) is 35.2 Å². The molecule has 1 N–H and O–H groups in total. The van der Waals surface area contributed by atoms with Gasteiger partial charge in [-0.1, -0.05) is 55.8 Å². The lowest BCUT2D eigenvalue weighted by Gasteiger charge is -2.18. The molecular weight excluding hydrogens is 434 g/mol. The van der Waals surface area contributed by atoms with E-state index in [9.17, 15) is 13.2 Å². The number of amides is 1. The molecular formula is C23H28ClN3O3S. The van der Waals surface area contributed by atoms with Gasteiger partial charge in [-0.2, -0.15) is 0 Å². The molecule has 31 heavy (non-hydrogen) atoms. The van der Waals surface area contributed by atoms with Crippen molar-refractivity contribution in [1.82, 2.24) is 14.8 Å². The first kappa shape index (κ1) is 23.3. The number of halogens is 1. The van der Waals surface area contributed by atoms with Crippen molar-refractivity contribution in [3.05, 3.63) is 65.3 Å². The lowest BCUT2D eigenvalue weighted by Crippen LogP contribution is -2.36. The Bertz CT molecular complexity index is 1140. The predicted octanol–water partition coefficient (Wildman–Crippen LogP) is 3.73. The summed E-state index contributed by atoms with van der Waals surface area (Å²) < 4.78 is 28.0. The van der Waals surface area contributed by atoms with Crippen LogP contribution in [-0.2, 0) is 26.9 Å². The number of hydrogen-bond acceptors (Lipinski definition) is 4. The normalized spacial score (nSPS) is 11.9. The van der Waals surface area contributed by atoms with Gasteiger partial charge in [0.25, 0.3) is 0 Å². The van der Waals surface area contributed by atoms with E-state index in [0.29, 0.717) is 22.5 Å². The molecule has 0 unspecified atom stereocenters. The van der Waals surface area contributed by atoms with Gasteiger partial charge < -0.3 is 14.8 Å². The van der Waals surface area contributed by atoms with Gasteiger partial charge in [-0.05, 0) is 36.9 Å². The third-order valence-corrected chi connectivity index (χ3v) is 7.28. The van der Waals surface area contributed by atoms with Crippen LogP contribution < -0.4 is 5.32 Å². The first-order valence-electron chi connectivity index (χ1n) is 10.4. The standard InChI is InChI=1S/C23H28ClN3O3S/c1-3-26(4-2)14-13-25-23(28)16-27-15-22(20-7-5-6-8-21(20)27)31(29,30)17-18-9-11-19(24)12-10-18/h5-12,15H,3-4,13-14,16-17H2,1-2H3,(H,25,28). The maximum Gasteiger partial charge on any atom is 0.239 e. The van der Waals surface area contributed by atoms with Gasteiger partial charge in [0.1, 0.15) is 6.54 Å². The van der Waals surface area contributed by atoms with Gasteiger partial charge in [0.05, 0.1) is 10.6 Å². The number of nitrogens with zero attached hydrogens (tertiary/aromatic N) is 2. The van der Waals surface area contributed by atoms with E-state index in [0.717, 1.165) is 25.2 Å². The Morgan fingerprint density at radius 3 is 2.42 bits per heavy atom. The molecule has 1 heterocycles. The number of nitrogens with one attached hydrogen (secondary N) is 1. The van der Waals surface area contributed by atoms with E-state index in [2.05, 4.69) is 24.1 Å². The summed E-state index contributed by atoms with van der Waals surface area (Å²) in [5.74, 6) is -0.275. The molecule has 0 aliphatic rings. The molecule has 3 aromatic rings. The summed E-state index contributed by atoms with van der Waals surface area (Å²) in [6.45, 7) is 7.45. The second kappa shape index (κ2) is 10.3. The van der Waals surface area contributed by atoms with Gasteiger partial charge in [-0.15, -0.1) is 0 Å². The van der Waals surface area contributed by atoms with Crippen molar-refractivity contribution in [1.29, 1.82) is 0 Å². The van der Waals surface area contributed by atoms with E-state index >= 15 is 0 Å². The fourth-order valence-corrected chi connectivity index (χ4v) is 5.28. The molecule has 0 radical (unpaired) electrons. The number of carbonyl (C=O) groups is 1. The fraction of sp³-hybridized carbons (Fsp3) is 0.348. The number of fused-ring (bicyclic) bond motifs is 1. The Morgan fingerprint density at radius 1 is 1.06 bits per heavy atom. The van der Waals surface area contributed by atoms with Crippen LogP contribution in [0.5, 0.6) is 0 Å². The monoisotopic (exact) mass is 461 g/mol. The van der Waals surface area contributed by atoms with Crippen molar-refractivity contribution in [2.24, 2.45) is 0 Å². The van der Waals surface area contributed by atoms with Gasteiger partial charge >= 0.3 is 0 Å². The van der Waals surface area contributed by atoms with Crippen LogP contribution in [0, 0.1) is 0 Å². The zero-order valence-electron chi connectivity index (χ0n) is 17.8. The highest BCUT2D eigenvalue weighted by Crippen LogP contribution is 2.28. The maximum absolute atomic E-state index is 13.2. The van der Waals surface area contributed by atoms with E-state index in [-0.39, 0.29) is 23.1 Å². The molecule has 0 aliphatic carbocycles. The smallest absolute Gasteiger partial charge is 0.239 e. The topological polar surface area (TPSA) is 71.4 Å². The average Bonchev–Trinajstić information content (AvgIpc) is 3.12. The van der Waals surface area contributed by atoms with Crippen molar-refractivity contribution in [2.45, 2.75) is 31.0 Å². The van der Waals surface area contributed by atoms with Crippen LogP contribution in [-0.4, -0.2) is 50.0 Å². The van der Waals surface area contributed by atoms with Crippen LogP contribution in [0.15, 0.2) is 59.6 Å². The molecule has 0 bridgehead atoms. The van der Waals surface area contributed by atoms with Crippen LogP contribution in [0.25, 0.3) is 10.9 Å². The zero-order valence-corrected chi connectivity index (χ0v) is 19.4. The van der Waals surface area contributed by atoms with Gasteiger partial charge in [-0.25, -0.2) is 8.42 Å². The molecule has 0 saturated carbocycles. The highest BCUT2D eigenvalue weighted by atomic mass is 35.5. The molecule has 8 heteroatoms. The molecule has 166 valence electrons. The molecule has 2 aromatic carbocycles. The fourth-order valence-electron chi connectivity index (χ4n) is 3.57. The van der Waals surface area contributed by atoms with Crippen molar-refractivity contribution in [3.8, 4) is 0 Å². The highest BCUT2D eigenvalue weighted by Gasteiger charge is 2.22. The second-order valence-electron chi connectivity index (χ2n) is 7.40. The summed E-state index contributed by atoms with van der Waals surface area (Å²) in [7, 11) is -3.60. The molecule has 3 rings (SSSR count). The third-order valence-electron chi connectivity index (χ3n) is 5.32. The van der Waals surface area contributed by atoms with Crippen molar-refractivity contribution in [2.75, 3.05) is 26.2 Å². The quantitative estimate of drug-likeness (QED) is 0.499. The first-order valence-corrected chi connectivity index (χ1v) is 12.4. The molecule has 0 atom stereocenters. The Morgan fingerprint density at radius 2 is 1.74 bits per heavy atom. The van der Waals surface area contributed by atoms with Crippen LogP contribution in [0.2, 0.25) is 5.02 Å². The van der Waals surface area contributed by atoms with E-state index in [1.807, 2.05) is 12.1 Å². The minimum atomic E-state index is -3.60. The molecule has 0 spiro atoms. The Labute approximate surface area is 188 Å². The first-order chi connectivity index (χ1) is 14.8. The molecule has 0 saturated heterocycles. The Hall–Kier alpha value is -2.35. The van der Waals surface area contributed by atoms with E-state index < -0.39 is 9.84 Å². The van der Waals surface area contributed by atoms with Gasteiger partial charge in [0.2, 0.25) is 5.91 Å². The van der Waals surface area contributed by atoms with Crippen LogP contribution in [0.4, 0.5) is 0 Å². The number of rotatable bonds is 10. The molecule has 1 amide bonds. The summed E-state index contributed by atoms with van der Waals surface area (Å²) >= 11 is 5.91. The number of para-hydroxylation sites is 1. The number of likely N-dealkylation sites (N-methyl/N-ethyl adjacent to an activating group) is 1. The summed E-state index contributed by atoms with van der Waals surface area (Å²) in [5, 5.41) is 4.10. The summed E-state index contributed by atoms with van der Waals surface area (Å²) in [6.07, 6.45) is 1.57. The minimum absolute atomic E-state index is 0.0647. The molecule has 6 nitrogen and oxygen atoms in total. The summed E-state index contributed by atoms with van der Waals surface area (Å²) in [4.78, 5) is 14.9. The lowest BCUT2D eigenvalue weighted by atomic mass is 10.2. The molecule has 0 aliphatic heterocycles. The zero-order chi connectivity index (χ0) is 22.4. The second-order valence-corrected chi connectivity index (χ2v) is 9.80. The SMILES string of the molecule is CCN(CC)CCNC(=O)Cn1cc(S(=O)(=O)Cc2ccc(Cl)cc2)c2ccccc21. The van der Waals surface area contributed by atoms with Gasteiger partial charge in [0.15, 0.2) is 9.84 Å². The van der Waals surface area contributed by atoms with E-state index in [1.54, 1.807) is 47.2 Å². The summed E-state index contributed by atoms with van der Waals surface area (Å²) in [5.41, 5.74) is 1.38. The number of sulfone groups is 1. The number of hydrogen-bond donors (Lipinski definition) is 1. The number of benzene rings is 2. The van der Waals surface area contributed by atoms with E-state index in [1.165, 1.54) is 0 Å². The van der Waals surface area contributed by atoms with Crippen LogP contribution in [0.1, 0.15) is 19.4 Å². The minimum Gasteiger partial charge on any atom is -0.353 e. The lowest BCUT2D eigenvalue weighted by molar-refractivity contribution is -0.121. The highest BCUT2D eigenvalue weighted by molar-refractivity contribution is 7.90. The molecule has 0 fully saturated rings. The number of aromatic nitrogens is 1. The Kier molecular flexibility index (Phi) is 7.75. The average molecular weight is 462 g/mol. The van der Waals surface area contributed by atoms with Gasteiger partial charge in [-0.3, -0.25) is 4.79 Å². The largest absolute Gasteiger partial charge is 0.353 e. The summed E-state index contributed by atoms with van der Waals surface area (Å²) in [6, 6.07) is 14.0. The van der Waals surface area contributed by atoms with Crippen molar-refractivity contribution in [3.63, 3.8) is 0 Å². The Balaban J connectivity index is 1.80. The van der Waals surface area contributed by atoms with E-state index in [4.69, 9.17) is 11.6 Å². The van der Waals surface area contributed by atoms with Crippen molar-refractivity contribution < 1.29 is 13.2 Å². The third kappa shape index (κ3) is 5.87. The van der Waals surface area contributed by atoms with Crippen molar-refractivity contribution >= 4 is 38.2 Å². The van der Waals surface area contributed by atoms with Crippen LogP contribution in [0.3, 0.4) is 0 Å². The van der Waals surface area contributed by atoms with Crippen LogP contribution >= 0.6 is 11.6 Å². The number of carbonyl (C=O) groups excluding carboxylic acids is 1.